The molecule has 1 aromatic heterocycles. The van der Waals surface area contributed by atoms with Gasteiger partial charge in [-0.25, -0.2) is 0 Å². The summed E-state index contributed by atoms with van der Waals surface area (Å²) >= 11 is 1.48. The lowest BCUT2D eigenvalue weighted by molar-refractivity contribution is 0.446. The average molecular weight is 198 g/mol. The molecule has 1 atom stereocenters. The normalized spacial score (nSPS) is 23.5. The third-order valence-corrected chi connectivity index (χ3v) is 3.17. The Hall–Kier alpha value is -0.840. The monoisotopic (exact) mass is 198 g/mol. The second-order valence-electron chi connectivity index (χ2n) is 3.62. The van der Waals surface area contributed by atoms with Crippen molar-refractivity contribution < 1.29 is 0 Å². The molecule has 4 nitrogen and oxygen atoms in total. The molecule has 0 saturated carbocycles. The number of piperidine rings is 1. The van der Waals surface area contributed by atoms with Gasteiger partial charge in [0.15, 0.2) is 0 Å². The maximum Gasteiger partial charge on any atom is 0.209 e. The number of anilines is 2. The molecule has 0 aromatic carbocycles. The van der Waals surface area contributed by atoms with E-state index in [0.717, 1.165) is 24.1 Å². The fourth-order valence-corrected chi connectivity index (χ4v) is 2.36. The van der Waals surface area contributed by atoms with E-state index in [1.54, 1.807) is 0 Å². The van der Waals surface area contributed by atoms with Crippen LogP contribution in [0.4, 0.5) is 10.3 Å². The summed E-state index contributed by atoms with van der Waals surface area (Å²) in [4.78, 5) is 2.28. The summed E-state index contributed by atoms with van der Waals surface area (Å²) < 4.78 is 0. The number of hydrogen-bond acceptors (Lipinski definition) is 5. The van der Waals surface area contributed by atoms with E-state index in [1.165, 1.54) is 24.2 Å². The minimum Gasteiger partial charge on any atom is -0.374 e. The van der Waals surface area contributed by atoms with Crippen LogP contribution >= 0.6 is 11.3 Å². The molecule has 2 N–H and O–H groups in total. The van der Waals surface area contributed by atoms with Crippen molar-refractivity contribution in [3.63, 3.8) is 0 Å². The van der Waals surface area contributed by atoms with Crippen LogP contribution in [0.25, 0.3) is 0 Å². The highest BCUT2D eigenvalue weighted by molar-refractivity contribution is 7.18. The molecule has 2 heterocycles. The molecule has 0 amide bonds. The van der Waals surface area contributed by atoms with Crippen molar-refractivity contribution in [2.45, 2.75) is 19.8 Å². The van der Waals surface area contributed by atoms with Crippen molar-refractivity contribution >= 4 is 21.6 Å². The van der Waals surface area contributed by atoms with Crippen molar-refractivity contribution in [1.29, 1.82) is 0 Å². The zero-order valence-electron chi connectivity index (χ0n) is 7.73. The van der Waals surface area contributed by atoms with E-state index in [0.29, 0.717) is 5.13 Å². The maximum atomic E-state index is 5.54. The van der Waals surface area contributed by atoms with E-state index in [4.69, 9.17) is 5.73 Å². The fraction of sp³-hybridized carbons (Fsp3) is 0.750. The number of nitrogens with zero attached hydrogens (tertiary/aromatic N) is 3. The number of rotatable bonds is 1. The topological polar surface area (TPSA) is 55.0 Å². The Morgan fingerprint density at radius 3 is 3.00 bits per heavy atom. The molecule has 0 spiro atoms. The summed E-state index contributed by atoms with van der Waals surface area (Å²) in [6, 6.07) is 0. The van der Waals surface area contributed by atoms with Gasteiger partial charge < -0.3 is 10.6 Å². The third-order valence-electron chi connectivity index (χ3n) is 2.36. The van der Waals surface area contributed by atoms with E-state index in [1.807, 2.05) is 0 Å². The molecule has 5 heteroatoms. The Balaban J connectivity index is 2.08. The summed E-state index contributed by atoms with van der Waals surface area (Å²) in [5, 5.41) is 9.40. The molecule has 0 radical (unpaired) electrons. The first-order chi connectivity index (χ1) is 6.25. The van der Waals surface area contributed by atoms with Gasteiger partial charge in [-0.3, -0.25) is 0 Å². The summed E-state index contributed by atoms with van der Waals surface area (Å²) in [6.07, 6.45) is 2.57. The smallest absolute Gasteiger partial charge is 0.209 e. The first kappa shape index (κ1) is 8.74. The fourth-order valence-electron chi connectivity index (χ4n) is 1.72. The number of nitrogen functional groups attached to an aromatic ring is 1. The van der Waals surface area contributed by atoms with Crippen LogP contribution in [0.1, 0.15) is 19.8 Å². The van der Waals surface area contributed by atoms with E-state index in [9.17, 15) is 0 Å². The molecule has 1 aromatic rings. The van der Waals surface area contributed by atoms with Gasteiger partial charge in [0.25, 0.3) is 0 Å². The molecule has 72 valence electrons. The van der Waals surface area contributed by atoms with Gasteiger partial charge in [0.1, 0.15) is 0 Å². The molecule has 0 aliphatic carbocycles. The van der Waals surface area contributed by atoms with E-state index >= 15 is 0 Å². The summed E-state index contributed by atoms with van der Waals surface area (Å²) in [6.45, 7) is 4.46. The van der Waals surface area contributed by atoms with E-state index in [-0.39, 0.29) is 0 Å². The van der Waals surface area contributed by atoms with Crippen LogP contribution in [0, 0.1) is 5.92 Å². The molecule has 0 unspecified atom stereocenters. The Kier molecular flexibility index (Phi) is 2.35. The van der Waals surface area contributed by atoms with Crippen LogP contribution in [0.5, 0.6) is 0 Å². The average Bonchev–Trinajstić information content (AvgIpc) is 2.52. The summed E-state index contributed by atoms with van der Waals surface area (Å²) in [7, 11) is 0. The Labute approximate surface area is 81.8 Å². The van der Waals surface area contributed by atoms with Crippen molar-refractivity contribution in [2.75, 3.05) is 23.7 Å². The lowest BCUT2D eigenvalue weighted by Crippen LogP contribution is -2.34. The third kappa shape index (κ3) is 1.91. The molecular formula is C8H14N4S. The maximum absolute atomic E-state index is 5.54. The van der Waals surface area contributed by atoms with Gasteiger partial charge in [-0.2, -0.15) is 0 Å². The molecule has 1 saturated heterocycles. The Bertz CT molecular complexity index is 285. The molecule has 1 aliphatic rings. The second kappa shape index (κ2) is 3.49. The van der Waals surface area contributed by atoms with Crippen LogP contribution < -0.4 is 10.6 Å². The quantitative estimate of drug-likeness (QED) is 0.740. The number of nitrogens with two attached hydrogens (primary N) is 1. The van der Waals surface area contributed by atoms with Gasteiger partial charge in [0, 0.05) is 13.1 Å². The van der Waals surface area contributed by atoms with E-state index in [2.05, 4.69) is 22.0 Å². The van der Waals surface area contributed by atoms with Gasteiger partial charge in [-0.1, -0.05) is 18.3 Å². The minimum atomic E-state index is 0.563. The van der Waals surface area contributed by atoms with Crippen molar-refractivity contribution in [1.82, 2.24) is 10.2 Å². The lowest BCUT2D eigenvalue weighted by Gasteiger charge is -2.29. The van der Waals surface area contributed by atoms with Crippen molar-refractivity contribution in [3.8, 4) is 0 Å². The van der Waals surface area contributed by atoms with Crippen LogP contribution in [0.3, 0.4) is 0 Å². The van der Waals surface area contributed by atoms with Crippen LogP contribution in [0.15, 0.2) is 0 Å². The molecular weight excluding hydrogens is 184 g/mol. The Morgan fingerprint density at radius 2 is 2.38 bits per heavy atom. The van der Waals surface area contributed by atoms with Gasteiger partial charge in [0.2, 0.25) is 10.3 Å². The second-order valence-corrected chi connectivity index (χ2v) is 4.60. The SMILES string of the molecule is C[C@H]1CCCN(c2nnc(N)s2)C1. The van der Waals surface area contributed by atoms with Gasteiger partial charge in [-0.05, 0) is 18.8 Å². The molecule has 13 heavy (non-hydrogen) atoms. The lowest BCUT2D eigenvalue weighted by atomic mass is 10.0. The van der Waals surface area contributed by atoms with Gasteiger partial charge in [0.05, 0.1) is 0 Å². The molecule has 2 rings (SSSR count). The van der Waals surface area contributed by atoms with Crippen molar-refractivity contribution in [2.24, 2.45) is 5.92 Å². The van der Waals surface area contributed by atoms with Gasteiger partial charge in [-0.15, -0.1) is 10.2 Å². The highest BCUT2D eigenvalue weighted by Crippen LogP contribution is 2.26. The standard InChI is InChI=1S/C8H14N4S/c1-6-3-2-4-12(5-6)8-11-10-7(9)13-8/h6H,2-5H2,1H3,(H2,9,10)/t6-/m0/s1. The summed E-state index contributed by atoms with van der Waals surface area (Å²) in [5.74, 6) is 0.763. The highest BCUT2D eigenvalue weighted by atomic mass is 32.1. The first-order valence-electron chi connectivity index (χ1n) is 4.59. The van der Waals surface area contributed by atoms with Crippen LogP contribution in [0.2, 0.25) is 0 Å². The first-order valence-corrected chi connectivity index (χ1v) is 5.41. The zero-order valence-corrected chi connectivity index (χ0v) is 8.55. The predicted molar refractivity (Wildman–Crippen MR) is 54.9 cm³/mol. The molecule has 0 bridgehead atoms. The predicted octanol–water partition coefficient (Wildman–Crippen LogP) is 1.36. The molecule has 1 fully saturated rings. The van der Waals surface area contributed by atoms with Crippen LogP contribution in [-0.4, -0.2) is 23.3 Å². The van der Waals surface area contributed by atoms with Crippen LogP contribution in [-0.2, 0) is 0 Å². The highest BCUT2D eigenvalue weighted by Gasteiger charge is 2.19. The number of aromatic nitrogens is 2. The van der Waals surface area contributed by atoms with Gasteiger partial charge >= 0.3 is 0 Å². The van der Waals surface area contributed by atoms with E-state index < -0.39 is 0 Å². The van der Waals surface area contributed by atoms with Crippen molar-refractivity contribution in [3.05, 3.63) is 0 Å². The number of hydrogen-bond donors (Lipinski definition) is 1. The Morgan fingerprint density at radius 1 is 1.54 bits per heavy atom. The largest absolute Gasteiger partial charge is 0.374 e. The zero-order chi connectivity index (χ0) is 9.26. The molecule has 1 aliphatic heterocycles. The minimum absolute atomic E-state index is 0.563. The summed E-state index contributed by atoms with van der Waals surface area (Å²) in [5.41, 5.74) is 5.54.